The van der Waals surface area contributed by atoms with Crippen LogP contribution < -0.4 is 4.90 Å². The molecule has 0 amide bonds. The molecule has 296 valence electrons. The summed E-state index contributed by atoms with van der Waals surface area (Å²) in [5.41, 5.74) is 17.6. The van der Waals surface area contributed by atoms with Crippen molar-refractivity contribution in [2.45, 2.75) is 0 Å². The van der Waals surface area contributed by atoms with Gasteiger partial charge in [-0.1, -0.05) is 182 Å². The van der Waals surface area contributed by atoms with E-state index in [9.17, 15) is 0 Å². The average molecular weight is 805 g/mol. The monoisotopic (exact) mass is 804 g/mol. The minimum Gasteiger partial charge on any atom is -0.455 e. The highest BCUT2D eigenvalue weighted by molar-refractivity contribution is 6.12. The average Bonchev–Trinajstić information content (AvgIpc) is 3.91. The summed E-state index contributed by atoms with van der Waals surface area (Å²) in [5, 5.41) is 4.66. The lowest BCUT2D eigenvalue weighted by Crippen LogP contribution is -2.10. The van der Waals surface area contributed by atoms with Crippen molar-refractivity contribution in [1.29, 1.82) is 0 Å². The molecule has 10 aromatic carbocycles. The third-order valence-electron chi connectivity index (χ3n) is 12.4. The predicted octanol–water partition coefficient (Wildman–Crippen LogP) is 16.8. The molecular formula is C60H40N2O. The highest BCUT2D eigenvalue weighted by Gasteiger charge is 2.22. The Balaban J connectivity index is 1.08. The van der Waals surface area contributed by atoms with Gasteiger partial charge >= 0.3 is 0 Å². The molecule has 2 aromatic heterocycles. The number of hydrogen-bond donors (Lipinski definition) is 0. The standard InChI is InChI=1S/C60H40N2O/c1-5-18-41(19-6-1)44-32-37-57(55(38-44)43-22-9-3-10-23-43)62-56-30-15-13-26-49(56)50-36-34-47(40-58(50)62)61(45-24-11-4-12-25-45)46-33-35-48(54(39-46)42-20-7-2-8-21-42)52-28-17-29-53-51-27-14-16-31-59(51)63-60(52)53/h1-40H. The molecule has 0 spiro atoms. The van der Waals surface area contributed by atoms with E-state index in [-0.39, 0.29) is 0 Å². The second-order valence-electron chi connectivity index (χ2n) is 16.1. The molecule has 12 rings (SSSR count). The van der Waals surface area contributed by atoms with Crippen molar-refractivity contribution in [2.24, 2.45) is 0 Å². The van der Waals surface area contributed by atoms with E-state index in [1.807, 2.05) is 6.07 Å². The number of nitrogens with zero attached hydrogens (tertiary/aromatic N) is 2. The minimum absolute atomic E-state index is 0.893. The van der Waals surface area contributed by atoms with Gasteiger partial charge in [0.25, 0.3) is 0 Å². The third-order valence-corrected chi connectivity index (χ3v) is 12.4. The Hall–Kier alpha value is -8.40. The van der Waals surface area contributed by atoms with Crippen LogP contribution in [0.4, 0.5) is 17.1 Å². The van der Waals surface area contributed by atoms with Gasteiger partial charge in [-0.15, -0.1) is 0 Å². The van der Waals surface area contributed by atoms with E-state index >= 15 is 0 Å². The van der Waals surface area contributed by atoms with Crippen molar-refractivity contribution in [3.8, 4) is 50.2 Å². The second kappa shape index (κ2) is 15.3. The van der Waals surface area contributed by atoms with E-state index in [1.54, 1.807) is 0 Å². The Kier molecular flexibility index (Phi) is 8.83. The largest absolute Gasteiger partial charge is 0.455 e. The van der Waals surface area contributed by atoms with E-state index in [0.717, 1.165) is 78.0 Å². The third kappa shape index (κ3) is 6.29. The lowest BCUT2D eigenvalue weighted by Gasteiger charge is -2.27. The smallest absolute Gasteiger partial charge is 0.143 e. The molecule has 0 saturated heterocycles. The Morgan fingerprint density at radius 3 is 1.65 bits per heavy atom. The minimum atomic E-state index is 0.893. The first-order chi connectivity index (χ1) is 31.3. The number of furan rings is 1. The number of benzene rings is 10. The van der Waals surface area contributed by atoms with Crippen molar-refractivity contribution in [1.82, 2.24) is 4.57 Å². The molecule has 2 heterocycles. The van der Waals surface area contributed by atoms with Gasteiger partial charge < -0.3 is 13.9 Å². The highest BCUT2D eigenvalue weighted by Crippen LogP contribution is 2.46. The van der Waals surface area contributed by atoms with E-state index < -0.39 is 0 Å². The maximum Gasteiger partial charge on any atom is 0.143 e. The number of aromatic nitrogens is 1. The molecule has 0 aliphatic carbocycles. The lowest BCUT2D eigenvalue weighted by molar-refractivity contribution is 0.670. The summed E-state index contributed by atoms with van der Waals surface area (Å²) in [7, 11) is 0. The van der Waals surface area contributed by atoms with Crippen LogP contribution in [-0.2, 0) is 0 Å². The van der Waals surface area contributed by atoms with Crippen LogP contribution in [-0.4, -0.2) is 4.57 Å². The van der Waals surface area contributed by atoms with Crippen LogP contribution in [0.2, 0.25) is 0 Å². The van der Waals surface area contributed by atoms with Gasteiger partial charge in [0.1, 0.15) is 11.2 Å². The quantitative estimate of drug-likeness (QED) is 0.153. The Labute approximate surface area is 366 Å². The van der Waals surface area contributed by atoms with Gasteiger partial charge in [-0.05, 0) is 94.0 Å². The van der Waals surface area contributed by atoms with Crippen LogP contribution in [0.5, 0.6) is 0 Å². The SMILES string of the molecule is c1ccc(-c2ccc(-n3c4ccccc4c4ccc(N(c5ccccc5)c5ccc(-c6cccc7c6oc6ccccc67)c(-c6ccccc6)c5)cc43)c(-c3ccccc3)c2)cc1. The molecule has 3 heteroatoms. The van der Waals surface area contributed by atoms with Crippen molar-refractivity contribution < 1.29 is 4.42 Å². The first kappa shape index (κ1) is 36.5. The molecule has 63 heavy (non-hydrogen) atoms. The van der Waals surface area contributed by atoms with Gasteiger partial charge in [-0.25, -0.2) is 0 Å². The zero-order valence-corrected chi connectivity index (χ0v) is 34.4. The van der Waals surface area contributed by atoms with Crippen LogP contribution in [0.3, 0.4) is 0 Å². The number of rotatable bonds is 8. The fourth-order valence-electron chi connectivity index (χ4n) is 9.49. The molecule has 0 radical (unpaired) electrons. The number of fused-ring (bicyclic) bond motifs is 6. The van der Waals surface area contributed by atoms with Gasteiger partial charge in [0, 0.05) is 49.7 Å². The van der Waals surface area contributed by atoms with E-state index in [4.69, 9.17) is 4.42 Å². The molecule has 0 atom stereocenters. The molecular weight excluding hydrogens is 765 g/mol. The van der Waals surface area contributed by atoms with Crippen LogP contribution in [0.15, 0.2) is 247 Å². The molecule has 0 fully saturated rings. The maximum atomic E-state index is 6.61. The van der Waals surface area contributed by atoms with Crippen molar-refractivity contribution in [2.75, 3.05) is 4.90 Å². The Morgan fingerprint density at radius 2 is 0.889 bits per heavy atom. The number of hydrogen-bond acceptors (Lipinski definition) is 2. The van der Waals surface area contributed by atoms with Crippen LogP contribution in [0.1, 0.15) is 0 Å². The van der Waals surface area contributed by atoms with Crippen molar-refractivity contribution >= 4 is 60.8 Å². The summed E-state index contributed by atoms with van der Waals surface area (Å²) >= 11 is 0. The van der Waals surface area contributed by atoms with Crippen molar-refractivity contribution in [3.63, 3.8) is 0 Å². The predicted molar refractivity (Wildman–Crippen MR) is 264 cm³/mol. The van der Waals surface area contributed by atoms with E-state index in [1.165, 1.54) is 33.0 Å². The Morgan fingerprint density at radius 1 is 0.302 bits per heavy atom. The Bertz CT molecular complexity index is 3610. The number of para-hydroxylation sites is 4. The van der Waals surface area contributed by atoms with E-state index in [2.05, 4.69) is 246 Å². The van der Waals surface area contributed by atoms with Crippen LogP contribution >= 0.6 is 0 Å². The van der Waals surface area contributed by atoms with Crippen LogP contribution in [0.25, 0.3) is 93.9 Å². The van der Waals surface area contributed by atoms with Gasteiger partial charge in [0.05, 0.1) is 16.7 Å². The van der Waals surface area contributed by atoms with Gasteiger partial charge in [-0.3, -0.25) is 0 Å². The molecule has 0 aliphatic rings. The normalized spacial score (nSPS) is 11.5. The molecule has 0 N–H and O–H groups in total. The lowest BCUT2D eigenvalue weighted by atomic mass is 9.92. The van der Waals surface area contributed by atoms with Gasteiger partial charge in [0.15, 0.2) is 0 Å². The molecule has 12 aromatic rings. The zero-order chi connectivity index (χ0) is 41.7. The zero-order valence-electron chi connectivity index (χ0n) is 34.4. The maximum absolute atomic E-state index is 6.61. The fraction of sp³-hybridized carbons (Fsp3) is 0. The topological polar surface area (TPSA) is 21.3 Å². The molecule has 0 bridgehead atoms. The second-order valence-corrected chi connectivity index (χ2v) is 16.1. The van der Waals surface area contributed by atoms with Gasteiger partial charge in [0.2, 0.25) is 0 Å². The summed E-state index contributed by atoms with van der Waals surface area (Å²) in [6, 6.07) is 87.1. The molecule has 0 unspecified atom stereocenters. The van der Waals surface area contributed by atoms with Crippen molar-refractivity contribution in [3.05, 3.63) is 243 Å². The van der Waals surface area contributed by atoms with Crippen LogP contribution in [0, 0.1) is 0 Å². The fourth-order valence-corrected chi connectivity index (χ4v) is 9.49. The molecule has 3 nitrogen and oxygen atoms in total. The summed E-state index contributed by atoms with van der Waals surface area (Å²) in [6.07, 6.45) is 0. The highest BCUT2D eigenvalue weighted by atomic mass is 16.3. The molecule has 0 aliphatic heterocycles. The summed E-state index contributed by atoms with van der Waals surface area (Å²) in [4.78, 5) is 2.38. The first-order valence-corrected chi connectivity index (χ1v) is 21.5. The summed E-state index contributed by atoms with van der Waals surface area (Å²) < 4.78 is 9.07. The summed E-state index contributed by atoms with van der Waals surface area (Å²) in [5.74, 6) is 0. The molecule has 0 saturated carbocycles. The number of anilines is 3. The summed E-state index contributed by atoms with van der Waals surface area (Å²) in [6.45, 7) is 0. The van der Waals surface area contributed by atoms with E-state index in [0.29, 0.717) is 0 Å². The van der Waals surface area contributed by atoms with Gasteiger partial charge in [-0.2, -0.15) is 0 Å². The first-order valence-electron chi connectivity index (χ1n) is 21.5.